The van der Waals surface area contributed by atoms with Gasteiger partial charge in [-0.2, -0.15) is 0 Å². The molecule has 0 spiro atoms. The molecule has 0 amide bonds. The van der Waals surface area contributed by atoms with E-state index in [2.05, 4.69) is 19.9 Å². The third-order valence-corrected chi connectivity index (χ3v) is 3.58. The predicted octanol–water partition coefficient (Wildman–Crippen LogP) is 4.36. The van der Waals surface area contributed by atoms with Gasteiger partial charge in [-0.1, -0.05) is 6.07 Å². The number of ether oxygens (including phenoxy) is 3. The van der Waals surface area contributed by atoms with Crippen LogP contribution in [0.1, 0.15) is 34.8 Å². The summed E-state index contributed by atoms with van der Waals surface area (Å²) in [5.41, 5.74) is 2.93. The third kappa shape index (κ3) is 5.01. The fraction of sp³-hybridized carbons (Fsp3) is 0.350. The van der Waals surface area contributed by atoms with Gasteiger partial charge in [-0.3, -0.25) is 4.79 Å². The first kappa shape index (κ1) is 17.9. The minimum absolute atomic E-state index is 0.0286. The van der Waals surface area contributed by atoms with E-state index in [4.69, 9.17) is 14.2 Å². The summed E-state index contributed by atoms with van der Waals surface area (Å²) in [7, 11) is 1.59. The Kier molecular flexibility index (Phi) is 6.24. The van der Waals surface area contributed by atoms with Gasteiger partial charge < -0.3 is 14.2 Å². The Morgan fingerprint density at radius 2 is 1.58 bits per heavy atom. The SMILES string of the molecule is COc1ccc(C(C)=O)c(OCCCOc2cc(C)cc(C)c2)c1. The minimum atomic E-state index is -0.0286. The highest BCUT2D eigenvalue weighted by Crippen LogP contribution is 2.25. The lowest BCUT2D eigenvalue weighted by molar-refractivity contribution is 0.101. The molecular formula is C20H24O4. The lowest BCUT2D eigenvalue weighted by Gasteiger charge is -2.12. The maximum Gasteiger partial charge on any atom is 0.163 e. The van der Waals surface area contributed by atoms with Gasteiger partial charge in [0.1, 0.15) is 17.2 Å². The van der Waals surface area contributed by atoms with Gasteiger partial charge >= 0.3 is 0 Å². The molecular weight excluding hydrogens is 304 g/mol. The number of carbonyl (C=O) groups is 1. The number of rotatable bonds is 8. The zero-order valence-corrected chi connectivity index (χ0v) is 14.7. The van der Waals surface area contributed by atoms with Crippen molar-refractivity contribution in [3.05, 3.63) is 53.1 Å². The van der Waals surface area contributed by atoms with E-state index in [0.717, 1.165) is 12.2 Å². The van der Waals surface area contributed by atoms with Crippen molar-refractivity contribution in [3.8, 4) is 17.2 Å². The van der Waals surface area contributed by atoms with Crippen LogP contribution in [0.5, 0.6) is 17.2 Å². The van der Waals surface area contributed by atoms with Crippen LogP contribution in [0.4, 0.5) is 0 Å². The average Bonchev–Trinajstić information content (AvgIpc) is 2.53. The molecule has 0 heterocycles. The van der Waals surface area contributed by atoms with Gasteiger partial charge in [-0.25, -0.2) is 0 Å². The maximum atomic E-state index is 11.7. The van der Waals surface area contributed by atoms with Crippen LogP contribution in [-0.2, 0) is 0 Å². The highest BCUT2D eigenvalue weighted by atomic mass is 16.5. The van der Waals surface area contributed by atoms with Crippen LogP contribution in [0.2, 0.25) is 0 Å². The summed E-state index contributed by atoms with van der Waals surface area (Å²) >= 11 is 0. The number of ketones is 1. The molecule has 2 aromatic carbocycles. The van der Waals surface area contributed by atoms with Crippen LogP contribution < -0.4 is 14.2 Å². The molecule has 0 aliphatic rings. The van der Waals surface area contributed by atoms with Crippen molar-refractivity contribution in [1.29, 1.82) is 0 Å². The van der Waals surface area contributed by atoms with E-state index >= 15 is 0 Å². The van der Waals surface area contributed by atoms with E-state index in [-0.39, 0.29) is 5.78 Å². The van der Waals surface area contributed by atoms with Gasteiger partial charge in [0.2, 0.25) is 0 Å². The molecule has 2 rings (SSSR count). The number of carbonyl (C=O) groups excluding carboxylic acids is 1. The largest absolute Gasteiger partial charge is 0.497 e. The van der Waals surface area contributed by atoms with Crippen molar-refractivity contribution in [2.24, 2.45) is 0 Å². The van der Waals surface area contributed by atoms with Gasteiger partial charge in [0.15, 0.2) is 5.78 Å². The molecule has 0 aliphatic carbocycles. The van der Waals surface area contributed by atoms with Crippen LogP contribution in [0.15, 0.2) is 36.4 Å². The fourth-order valence-corrected chi connectivity index (χ4v) is 2.49. The molecule has 0 saturated heterocycles. The molecule has 0 atom stereocenters. The second-order valence-electron chi connectivity index (χ2n) is 5.79. The Hall–Kier alpha value is -2.49. The van der Waals surface area contributed by atoms with E-state index < -0.39 is 0 Å². The predicted molar refractivity (Wildman–Crippen MR) is 94.5 cm³/mol. The van der Waals surface area contributed by atoms with Crippen molar-refractivity contribution in [1.82, 2.24) is 0 Å². The molecule has 0 aliphatic heterocycles. The normalized spacial score (nSPS) is 10.3. The van der Waals surface area contributed by atoms with Gasteiger partial charge in [0, 0.05) is 12.5 Å². The monoisotopic (exact) mass is 328 g/mol. The summed E-state index contributed by atoms with van der Waals surface area (Å²) in [6.07, 6.45) is 0.724. The molecule has 128 valence electrons. The van der Waals surface area contributed by atoms with Crippen LogP contribution >= 0.6 is 0 Å². The van der Waals surface area contributed by atoms with Gasteiger partial charge in [-0.15, -0.1) is 0 Å². The zero-order valence-electron chi connectivity index (χ0n) is 14.7. The van der Waals surface area contributed by atoms with Crippen molar-refractivity contribution in [2.45, 2.75) is 27.2 Å². The summed E-state index contributed by atoms with van der Waals surface area (Å²) < 4.78 is 16.7. The Balaban J connectivity index is 1.86. The summed E-state index contributed by atoms with van der Waals surface area (Å²) in [4.78, 5) is 11.7. The lowest BCUT2D eigenvalue weighted by Crippen LogP contribution is -2.07. The Labute approximate surface area is 143 Å². The molecule has 24 heavy (non-hydrogen) atoms. The van der Waals surface area contributed by atoms with E-state index in [1.165, 1.54) is 18.1 Å². The minimum Gasteiger partial charge on any atom is -0.497 e. The third-order valence-electron chi connectivity index (χ3n) is 3.58. The van der Waals surface area contributed by atoms with Crippen LogP contribution in [0.25, 0.3) is 0 Å². The first-order valence-electron chi connectivity index (χ1n) is 8.02. The van der Waals surface area contributed by atoms with Gasteiger partial charge in [-0.05, 0) is 56.2 Å². The molecule has 0 unspecified atom stereocenters. The highest BCUT2D eigenvalue weighted by Gasteiger charge is 2.10. The quantitative estimate of drug-likeness (QED) is 0.533. The topological polar surface area (TPSA) is 44.8 Å². The molecule has 0 fully saturated rings. The van der Waals surface area contributed by atoms with Crippen LogP contribution in [0.3, 0.4) is 0 Å². The number of aryl methyl sites for hydroxylation is 2. The van der Waals surface area contributed by atoms with Crippen molar-refractivity contribution < 1.29 is 19.0 Å². The van der Waals surface area contributed by atoms with E-state index in [1.54, 1.807) is 25.3 Å². The van der Waals surface area contributed by atoms with E-state index in [1.807, 2.05) is 12.1 Å². The number of Topliss-reactive ketones (excluding diaryl/α,β-unsaturated/α-hetero) is 1. The number of hydrogen-bond acceptors (Lipinski definition) is 4. The number of hydrogen-bond donors (Lipinski definition) is 0. The van der Waals surface area contributed by atoms with Crippen molar-refractivity contribution >= 4 is 5.78 Å². The molecule has 4 nitrogen and oxygen atoms in total. The molecule has 0 bridgehead atoms. The summed E-state index contributed by atoms with van der Waals surface area (Å²) in [5, 5.41) is 0. The summed E-state index contributed by atoms with van der Waals surface area (Å²) in [6.45, 7) is 6.66. The Morgan fingerprint density at radius 1 is 0.917 bits per heavy atom. The standard InChI is InChI=1S/C20H24O4/c1-14-10-15(2)12-18(11-14)23-8-5-9-24-20-13-17(22-4)6-7-19(20)16(3)21/h6-7,10-13H,5,8-9H2,1-4H3. The van der Waals surface area contributed by atoms with E-state index in [9.17, 15) is 4.79 Å². The molecule has 0 N–H and O–H groups in total. The zero-order chi connectivity index (χ0) is 17.5. The highest BCUT2D eigenvalue weighted by molar-refractivity contribution is 5.97. The average molecular weight is 328 g/mol. The second-order valence-corrected chi connectivity index (χ2v) is 5.79. The van der Waals surface area contributed by atoms with Crippen LogP contribution in [-0.4, -0.2) is 26.1 Å². The first-order chi connectivity index (χ1) is 11.5. The summed E-state index contributed by atoms with van der Waals surface area (Å²) in [5.74, 6) is 2.06. The maximum absolute atomic E-state index is 11.7. The molecule has 4 heteroatoms. The molecule has 0 aromatic heterocycles. The smallest absolute Gasteiger partial charge is 0.163 e. The number of benzene rings is 2. The second kappa shape index (κ2) is 8.39. The van der Waals surface area contributed by atoms with Crippen molar-refractivity contribution in [3.63, 3.8) is 0 Å². The first-order valence-corrected chi connectivity index (χ1v) is 8.02. The Bertz CT molecular complexity index is 687. The fourth-order valence-electron chi connectivity index (χ4n) is 2.49. The molecule has 0 radical (unpaired) electrons. The molecule has 2 aromatic rings. The van der Waals surface area contributed by atoms with Gasteiger partial charge in [0.25, 0.3) is 0 Å². The Morgan fingerprint density at radius 3 is 2.21 bits per heavy atom. The van der Waals surface area contributed by atoms with Gasteiger partial charge in [0.05, 0.1) is 25.9 Å². The summed E-state index contributed by atoms with van der Waals surface area (Å²) in [6, 6.07) is 11.4. The van der Waals surface area contributed by atoms with Crippen LogP contribution in [0, 0.1) is 13.8 Å². The van der Waals surface area contributed by atoms with Crippen molar-refractivity contribution in [2.75, 3.05) is 20.3 Å². The lowest BCUT2D eigenvalue weighted by atomic mass is 10.1. The number of methoxy groups -OCH3 is 1. The van der Waals surface area contributed by atoms with E-state index in [0.29, 0.717) is 30.3 Å². The molecule has 0 saturated carbocycles.